The maximum absolute atomic E-state index is 13.6. The fourth-order valence-corrected chi connectivity index (χ4v) is 4.27. The molecule has 2 atom stereocenters. The highest BCUT2D eigenvalue weighted by molar-refractivity contribution is 6.33. The number of hydrogen-bond acceptors (Lipinski definition) is 5. The maximum atomic E-state index is 13.6. The first-order valence-electron chi connectivity index (χ1n) is 10.8. The quantitative estimate of drug-likeness (QED) is 0.622. The first-order chi connectivity index (χ1) is 15.1. The van der Waals surface area contributed by atoms with Crippen LogP contribution < -0.4 is 16.0 Å². The lowest BCUT2D eigenvalue weighted by Crippen LogP contribution is -2.42. The van der Waals surface area contributed by atoms with Crippen molar-refractivity contribution < 1.29 is 13.9 Å². The Morgan fingerprint density at radius 3 is 2.90 bits per heavy atom. The SMILES string of the molecule is O=C(Nc1cc(-c2cccc(NCC3CCOCC3)c2)c(Cl)cn1)[C@@H]1CNC[C@H](F)C1. The lowest BCUT2D eigenvalue weighted by Gasteiger charge is -2.24. The lowest BCUT2D eigenvalue weighted by molar-refractivity contribution is -0.120. The summed E-state index contributed by atoms with van der Waals surface area (Å²) >= 11 is 6.42. The summed E-state index contributed by atoms with van der Waals surface area (Å²) in [6.07, 6.45) is 2.90. The van der Waals surface area contributed by atoms with Gasteiger partial charge in [0.05, 0.1) is 10.9 Å². The van der Waals surface area contributed by atoms with Gasteiger partial charge >= 0.3 is 0 Å². The number of hydrogen-bond donors (Lipinski definition) is 3. The second-order valence-corrected chi connectivity index (χ2v) is 8.65. The van der Waals surface area contributed by atoms with Gasteiger partial charge in [-0.25, -0.2) is 9.37 Å². The molecule has 4 rings (SSSR count). The van der Waals surface area contributed by atoms with Crippen molar-refractivity contribution in [2.24, 2.45) is 11.8 Å². The molecule has 2 saturated heterocycles. The third-order valence-electron chi connectivity index (χ3n) is 5.88. The van der Waals surface area contributed by atoms with Gasteiger partial charge < -0.3 is 20.7 Å². The Bertz CT molecular complexity index is 907. The minimum Gasteiger partial charge on any atom is -0.385 e. The predicted octanol–water partition coefficient (Wildman–Crippen LogP) is 4.13. The van der Waals surface area contributed by atoms with E-state index in [1.165, 1.54) is 6.20 Å². The molecule has 0 spiro atoms. The van der Waals surface area contributed by atoms with Gasteiger partial charge in [0.1, 0.15) is 12.0 Å². The van der Waals surface area contributed by atoms with Crippen molar-refractivity contribution in [2.45, 2.75) is 25.4 Å². The molecule has 8 heteroatoms. The van der Waals surface area contributed by atoms with Crippen molar-refractivity contribution >= 4 is 29.0 Å². The van der Waals surface area contributed by atoms with Crippen LogP contribution in [0.5, 0.6) is 0 Å². The molecule has 0 radical (unpaired) electrons. The smallest absolute Gasteiger partial charge is 0.230 e. The molecule has 2 aliphatic heterocycles. The van der Waals surface area contributed by atoms with Crippen LogP contribution in [0.3, 0.4) is 0 Å². The molecule has 31 heavy (non-hydrogen) atoms. The number of alkyl halides is 1. The first-order valence-corrected chi connectivity index (χ1v) is 11.2. The zero-order valence-electron chi connectivity index (χ0n) is 17.4. The number of piperidine rings is 1. The Kier molecular flexibility index (Phi) is 7.37. The molecule has 3 N–H and O–H groups in total. The number of ether oxygens (including phenoxy) is 1. The van der Waals surface area contributed by atoms with Crippen molar-refractivity contribution in [3.8, 4) is 11.1 Å². The molecule has 1 aromatic heterocycles. The fraction of sp³-hybridized carbons (Fsp3) is 0.478. The predicted molar refractivity (Wildman–Crippen MR) is 121 cm³/mol. The van der Waals surface area contributed by atoms with E-state index in [4.69, 9.17) is 16.3 Å². The highest BCUT2D eigenvalue weighted by Gasteiger charge is 2.27. The third kappa shape index (κ3) is 5.93. The van der Waals surface area contributed by atoms with Gasteiger partial charge in [0, 0.05) is 50.3 Å². The summed E-state index contributed by atoms with van der Waals surface area (Å²) < 4.78 is 19.0. The van der Waals surface area contributed by atoms with Crippen molar-refractivity contribution in [1.82, 2.24) is 10.3 Å². The van der Waals surface area contributed by atoms with Gasteiger partial charge in [0.2, 0.25) is 5.91 Å². The van der Waals surface area contributed by atoms with Gasteiger partial charge in [-0.2, -0.15) is 0 Å². The van der Waals surface area contributed by atoms with E-state index in [1.54, 1.807) is 6.07 Å². The van der Waals surface area contributed by atoms with Gasteiger partial charge in [0.15, 0.2) is 0 Å². The Balaban J connectivity index is 1.44. The Labute approximate surface area is 186 Å². The molecule has 6 nitrogen and oxygen atoms in total. The number of anilines is 2. The van der Waals surface area contributed by atoms with E-state index >= 15 is 0 Å². The summed E-state index contributed by atoms with van der Waals surface area (Å²) in [7, 11) is 0. The average molecular weight is 447 g/mol. The summed E-state index contributed by atoms with van der Waals surface area (Å²) in [4.78, 5) is 16.8. The van der Waals surface area contributed by atoms with Gasteiger partial charge in [-0.05, 0) is 48.9 Å². The third-order valence-corrected chi connectivity index (χ3v) is 6.18. The molecule has 0 aliphatic carbocycles. The number of benzene rings is 1. The zero-order chi connectivity index (χ0) is 21.6. The van der Waals surface area contributed by atoms with E-state index in [0.717, 1.165) is 49.4 Å². The second kappa shape index (κ2) is 10.4. The number of halogens is 2. The largest absolute Gasteiger partial charge is 0.385 e. The van der Waals surface area contributed by atoms with Crippen LogP contribution >= 0.6 is 11.6 Å². The first kappa shape index (κ1) is 22.0. The van der Waals surface area contributed by atoms with Crippen LogP contribution in [0.1, 0.15) is 19.3 Å². The summed E-state index contributed by atoms with van der Waals surface area (Å²) in [5.74, 6) is 0.373. The van der Waals surface area contributed by atoms with Crippen molar-refractivity contribution in [3.63, 3.8) is 0 Å². The number of pyridine rings is 1. The number of nitrogens with zero attached hydrogens (tertiary/aromatic N) is 1. The van der Waals surface area contributed by atoms with Gasteiger partial charge in [-0.15, -0.1) is 0 Å². The van der Waals surface area contributed by atoms with Crippen LogP contribution in [-0.2, 0) is 9.53 Å². The number of carbonyl (C=O) groups is 1. The topological polar surface area (TPSA) is 75.3 Å². The average Bonchev–Trinajstić information content (AvgIpc) is 2.80. The second-order valence-electron chi connectivity index (χ2n) is 8.24. The fourth-order valence-electron chi connectivity index (χ4n) is 4.06. The molecule has 0 bridgehead atoms. The normalized spacial score (nSPS) is 22.1. The van der Waals surface area contributed by atoms with E-state index in [1.807, 2.05) is 24.3 Å². The van der Waals surface area contributed by atoms with Gasteiger partial charge in [0.25, 0.3) is 0 Å². The van der Waals surface area contributed by atoms with E-state index in [0.29, 0.717) is 29.8 Å². The highest BCUT2D eigenvalue weighted by Crippen LogP contribution is 2.31. The van der Waals surface area contributed by atoms with Crippen LogP contribution in [0, 0.1) is 11.8 Å². The standard InChI is InChI=1S/C23H28ClFN4O2/c24-21-14-28-22(29-23(30)17-8-18(25)13-26-12-17)10-20(21)16-2-1-3-19(9-16)27-11-15-4-6-31-7-5-15/h1-3,9-10,14-15,17-18,26-27H,4-8,11-13H2,(H,28,29,30)/t17-,18+/m0/s1. The van der Waals surface area contributed by atoms with Crippen LogP contribution in [-0.4, -0.2) is 49.9 Å². The summed E-state index contributed by atoms with van der Waals surface area (Å²) in [5.41, 5.74) is 2.74. The number of nitrogens with one attached hydrogen (secondary N) is 3. The van der Waals surface area contributed by atoms with Crippen molar-refractivity contribution in [2.75, 3.05) is 43.5 Å². The number of rotatable bonds is 6. The molecule has 0 unspecified atom stereocenters. The molecule has 2 aromatic rings. The van der Waals surface area contributed by atoms with Crippen molar-refractivity contribution in [3.05, 3.63) is 41.6 Å². The molecule has 0 saturated carbocycles. The monoisotopic (exact) mass is 446 g/mol. The van der Waals surface area contributed by atoms with Crippen molar-refractivity contribution in [1.29, 1.82) is 0 Å². The van der Waals surface area contributed by atoms with E-state index in [2.05, 4.69) is 20.9 Å². The van der Waals surface area contributed by atoms with Crippen LogP contribution in [0.25, 0.3) is 11.1 Å². The number of amides is 1. The molecule has 3 heterocycles. The molecule has 1 aromatic carbocycles. The molecule has 2 fully saturated rings. The van der Waals surface area contributed by atoms with Crippen LogP contribution in [0.2, 0.25) is 5.02 Å². The van der Waals surface area contributed by atoms with Crippen LogP contribution in [0.4, 0.5) is 15.9 Å². The Hall–Kier alpha value is -2.22. The summed E-state index contributed by atoms with van der Waals surface area (Å²) in [6, 6.07) is 9.80. The zero-order valence-corrected chi connectivity index (χ0v) is 18.1. The molecular weight excluding hydrogens is 419 g/mol. The van der Waals surface area contributed by atoms with Gasteiger partial charge in [-0.3, -0.25) is 4.79 Å². The number of aromatic nitrogens is 1. The summed E-state index contributed by atoms with van der Waals surface area (Å²) in [6.45, 7) is 3.33. The highest BCUT2D eigenvalue weighted by atomic mass is 35.5. The van der Waals surface area contributed by atoms with E-state index in [9.17, 15) is 9.18 Å². The lowest BCUT2D eigenvalue weighted by atomic mass is 9.97. The maximum Gasteiger partial charge on any atom is 0.230 e. The van der Waals surface area contributed by atoms with Gasteiger partial charge in [-0.1, -0.05) is 23.7 Å². The molecule has 2 aliphatic rings. The molecule has 166 valence electrons. The number of carbonyl (C=O) groups excluding carboxylic acids is 1. The van der Waals surface area contributed by atoms with Crippen LogP contribution in [0.15, 0.2) is 36.5 Å². The van der Waals surface area contributed by atoms with E-state index < -0.39 is 12.1 Å². The Morgan fingerprint density at radius 2 is 2.10 bits per heavy atom. The minimum atomic E-state index is -1.00. The molecule has 1 amide bonds. The Morgan fingerprint density at radius 1 is 1.26 bits per heavy atom. The van der Waals surface area contributed by atoms with E-state index in [-0.39, 0.29) is 12.3 Å². The summed E-state index contributed by atoms with van der Waals surface area (Å²) in [5, 5.41) is 9.77. The molecular formula is C23H28ClFN4O2. The minimum absolute atomic E-state index is 0.222.